The second kappa shape index (κ2) is 3.63. The van der Waals surface area contributed by atoms with Crippen LogP contribution in [0, 0.1) is 6.92 Å². The standard InChI is InChI=1S/C12H13BrO2/c1-8-9(3-2-4-10(8)13)12(5-6-12)7-11(14)15/h2-4H,5-7H2,1H3,(H,14,15). The smallest absolute Gasteiger partial charge is 0.304 e. The number of carboxylic acids is 1. The van der Waals surface area contributed by atoms with Gasteiger partial charge in [-0.3, -0.25) is 4.79 Å². The maximum absolute atomic E-state index is 10.8. The summed E-state index contributed by atoms with van der Waals surface area (Å²) in [4.78, 5) is 10.8. The van der Waals surface area contributed by atoms with E-state index < -0.39 is 5.97 Å². The fraction of sp³-hybridized carbons (Fsp3) is 0.417. The first-order chi connectivity index (χ1) is 7.05. The Bertz CT molecular complexity index is 408. The molecule has 0 aromatic heterocycles. The van der Waals surface area contributed by atoms with Crippen molar-refractivity contribution >= 4 is 21.9 Å². The van der Waals surface area contributed by atoms with E-state index >= 15 is 0 Å². The SMILES string of the molecule is Cc1c(Br)cccc1C1(CC(=O)O)CC1. The highest BCUT2D eigenvalue weighted by Crippen LogP contribution is 2.52. The lowest BCUT2D eigenvalue weighted by Gasteiger charge is -2.16. The number of carbonyl (C=O) groups is 1. The highest BCUT2D eigenvalue weighted by molar-refractivity contribution is 9.10. The largest absolute Gasteiger partial charge is 0.481 e. The van der Waals surface area contributed by atoms with Crippen molar-refractivity contribution in [1.29, 1.82) is 0 Å². The molecule has 0 radical (unpaired) electrons. The third kappa shape index (κ3) is 1.93. The molecule has 0 aliphatic heterocycles. The summed E-state index contributed by atoms with van der Waals surface area (Å²) in [7, 11) is 0. The molecule has 2 rings (SSSR count). The predicted molar refractivity (Wildman–Crippen MR) is 62.0 cm³/mol. The molecular formula is C12H13BrO2. The Kier molecular flexibility index (Phi) is 2.59. The van der Waals surface area contributed by atoms with Crippen molar-refractivity contribution in [1.82, 2.24) is 0 Å². The molecule has 1 N–H and O–H groups in total. The molecule has 0 bridgehead atoms. The van der Waals surface area contributed by atoms with Crippen LogP contribution >= 0.6 is 15.9 Å². The van der Waals surface area contributed by atoms with Crippen LogP contribution in [0.2, 0.25) is 0 Å². The molecule has 0 heterocycles. The van der Waals surface area contributed by atoms with Crippen LogP contribution in [0.5, 0.6) is 0 Å². The lowest BCUT2D eigenvalue weighted by atomic mass is 9.89. The molecule has 0 atom stereocenters. The molecule has 1 aliphatic carbocycles. The Morgan fingerprint density at radius 2 is 2.20 bits per heavy atom. The fourth-order valence-corrected chi connectivity index (χ4v) is 2.53. The molecule has 1 aromatic rings. The third-order valence-corrected chi connectivity index (χ3v) is 4.04. The Hall–Kier alpha value is -0.830. The van der Waals surface area contributed by atoms with Crippen LogP contribution in [-0.2, 0) is 10.2 Å². The number of carboxylic acid groups (broad SMARTS) is 1. The lowest BCUT2D eigenvalue weighted by molar-refractivity contribution is -0.137. The number of benzene rings is 1. The first-order valence-electron chi connectivity index (χ1n) is 5.02. The van der Waals surface area contributed by atoms with Gasteiger partial charge in [-0.05, 0) is 37.0 Å². The summed E-state index contributed by atoms with van der Waals surface area (Å²) in [6.45, 7) is 2.04. The summed E-state index contributed by atoms with van der Waals surface area (Å²) in [5, 5.41) is 8.90. The van der Waals surface area contributed by atoms with Gasteiger partial charge in [-0.15, -0.1) is 0 Å². The van der Waals surface area contributed by atoms with Crippen LogP contribution in [0.3, 0.4) is 0 Å². The Balaban J connectivity index is 2.37. The minimum Gasteiger partial charge on any atom is -0.481 e. The van der Waals surface area contributed by atoms with Gasteiger partial charge in [0.2, 0.25) is 0 Å². The molecule has 0 unspecified atom stereocenters. The number of rotatable bonds is 3. The van der Waals surface area contributed by atoms with Crippen molar-refractivity contribution < 1.29 is 9.90 Å². The van der Waals surface area contributed by atoms with E-state index in [0.717, 1.165) is 17.3 Å². The van der Waals surface area contributed by atoms with Gasteiger partial charge in [0.1, 0.15) is 0 Å². The zero-order valence-corrected chi connectivity index (χ0v) is 10.2. The fourth-order valence-electron chi connectivity index (χ4n) is 2.16. The molecule has 15 heavy (non-hydrogen) atoms. The molecule has 3 heteroatoms. The number of halogens is 1. The van der Waals surface area contributed by atoms with Crippen molar-refractivity contribution in [3.8, 4) is 0 Å². The summed E-state index contributed by atoms with van der Waals surface area (Å²) in [6.07, 6.45) is 2.25. The lowest BCUT2D eigenvalue weighted by Crippen LogP contribution is -2.14. The normalized spacial score (nSPS) is 17.5. The average Bonchev–Trinajstić information content (AvgIpc) is 2.89. The van der Waals surface area contributed by atoms with E-state index in [1.165, 1.54) is 11.1 Å². The van der Waals surface area contributed by atoms with E-state index in [0.29, 0.717) is 0 Å². The number of hydrogen-bond acceptors (Lipinski definition) is 1. The molecule has 1 saturated carbocycles. The van der Waals surface area contributed by atoms with E-state index in [-0.39, 0.29) is 11.8 Å². The van der Waals surface area contributed by atoms with Crippen LogP contribution in [0.25, 0.3) is 0 Å². The summed E-state index contributed by atoms with van der Waals surface area (Å²) in [6, 6.07) is 6.03. The van der Waals surface area contributed by atoms with Crippen molar-refractivity contribution in [2.75, 3.05) is 0 Å². The van der Waals surface area contributed by atoms with Gasteiger partial charge in [0.25, 0.3) is 0 Å². The first-order valence-corrected chi connectivity index (χ1v) is 5.82. The molecule has 0 saturated heterocycles. The Morgan fingerprint density at radius 1 is 1.53 bits per heavy atom. The highest BCUT2D eigenvalue weighted by atomic mass is 79.9. The van der Waals surface area contributed by atoms with Gasteiger partial charge >= 0.3 is 5.97 Å². The van der Waals surface area contributed by atoms with Gasteiger partial charge in [0.05, 0.1) is 6.42 Å². The zero-order valence-electron chi connectivity index (χ0n) is 8.59. The Morgan fingerprint density at radius 3 is 2.73 bits per heavy atom. The Labute approximate surface area is 97.4 Å². The monoisotopic (exact) mass is 268 g/mol. The van der Waals surface area contributed by atoms with E-state index in [1.807, 2.05) is 19.1 Å². The molecular weight excluding hydrogens is 256 g/mol. The van der Waals surface area contributed by atoms with E-state index in [9.17, 15) is 4.79 Å². The van der Waals surface area contributed by atoms with Crippen molar-refractivity contribution in [3.05, 3.63) is 33.8 Å². The summed E-state index contributed by atoms with van der Waals surface area (Å²) in [5.74, 6) is -0.702. The van der Waals surface area contributed by atoms with Crippen molar-refractivity contribution in [2.45, 2.75) is 31.6 Å². The van der Waals surface area contributed by atoms with E-state index in [1.54, 1.807) is 0 Å². The van der Waals surface area contributed by atoms with E-state index in [4.69, 9.17) is 5.11 Å². The van der Waals surface area contributed by atoms with Crippen LogP contribution in [0.1, 0.15) is 30.4 Å². The average molecular weight is 269 g/mol. The summed E-state index contributed by atoms with van der Waals surface area (Å²) in [5.41, 5.74) is 2.29. The third-order valence-electron chi connectivity index (χ3n) is 3.18. The van der Waals surface area contributed by atoms with Crippen LogP contribution in [0.15, 0.2) is 22.7 Å². The molecule has 1 aliphatic rings. The molecule has 1 fully saturated rings. The molecule has 0 spiro atoms. The second-order valence-electron chi connectivity index (χ2n) is 4.26. The molecule has 2 nitrogen and oxygen atoms in total. The van der Waals surface area contributed by atoms with Crippen molar-refractivity contribution in [3.63, 3.8) is 0 Å². The maximum Gasteiger partial charge on any atom is 0.304 e. The van der Waals surface area contributed by atoms with Gasteiger partial charge in [0.15, 0.2) is 0 Å². The van der Waals surface area contributed by atoms with Gasteiger partial charge in [-0.25, -0.2) is 0 Å². The van der Waals surface area contributed by atoms with Crippen molar-refractivity contribution in [2.24, 2.45) is 0 Å². The minimum absolute atomic E-state index is 0.0836. The van der Waals surface area contributed by atoms with Crippen LogP contribution in [0.4, 0.5) is 0 Å². The number of hydrogen-bond donors (Lipinski definition) is 1. The quantitative estimate of drug-likeness (QED) is 0.914. The van der Waals surface area contributed by atoms with Crippen LogP contribution < -0.4 is 0 Å². The van der Waals surface area contributed by atoms with E-state index in [2.05, 4.69) is 22.0 Å². The molecule has 0 amide bonds. The van der Waals surface area contributed by atoms with Gasteiger partial charge in [-0.1, -0.05) is 28.1 Å². The topological polar surface area (TPSA) is 37.3 Å². The number of aliphatic carboxylic acids is 1. The van der Waals surface area contributed by atoms with Crippen LogP contribution in [-0.4, -0.2) is 11.1 Å². The highest BCUT2D eigenvalue weighted by Gasteiger charge is 2.46. The minimum atomic E-state index is -0.702. The predicted octanol–water partition coefficient (Wildman–Crippen LogP) is 3.26. The molecule has 1 aromatic carbocycles. The zero-order chi connectivity index (χ0) is 11.1. The first kappa shape index (κ1) is 10.7. The van der Waals surface area contributed by atoms with Gasteiger partial charge < -0.3 is 5.11 Å². The molecule has 80 valence electrons. The van der Waals surface area contributed by atoms with Gasteiger partial charge in [-0.2, -0.15) is 0 Å². The summed E-state index contributed by atoms with van der Waals surface area (Å²) < 4.78 is 1.07. The summed E-state index contributed by atoms with van der Waals surface area (Å²) >= 11 is 3.49. The maximum atomic E-state index is 10.8. The van der Waals surface area contributed by atoms with Gasteiger partial charge in [0, 0.05) is 9.89 Å². The second-order valence-corrected chi connectivity index (χ2v) is 5.12.